The molecule has 0 bridgehead atoms. The van der Waals surface area contributed by atoms with E-state index in [0.717, 1.165) is 24.2 Å². The second-order valence-electron chi connectivity index (χ2n) is 11.3. The molecule has 4 heterocycles. The number of imide groups is 1. The lowest BCUT2D eigenvalue weighted by molar-refractivity contribution is -0.141. The molecule has 2 aromatic rings. The van der Waals surface area contributed by atoms with Crippen LogP contribution in [0.5, 0.6) is 28.7 Å². The number of phenols is 1. The smallest absolute Gasteiger partial charge is 0.310 e. The number of carbonyl (C=O) groups is 3. The van der Waals surface area contributed by atoms with Crippen LogP contribution < -0.4 is 24.3 Å². The van der Waals surface area contributed by atoms with Crippen LogP contribution in [0, 0.1) is 11.8 Å². The van der Waals surface area contributed by atoms with Crippen molar-refractivity contribution in [1.29, 1.82) is 0 Å². The third-order valence-electron chi connectivity index (χ3n) is 9.11. The van der Waals surface area contributed by atoms with Crippen molar-refractivity contribution in [1.82, 2.24) is 15.1 Å². The van der Waals surface area contributed by atoms with Gasteiger partial charge in [0.25, 0.3) is 11.8 Å². The molecule has 0 unspecified atom stereocenters. The Bertz CT molecular complexity index is 1530. The Morgan fingerprint density at radius 2 is 1.61 bits per heavy atom. The zero-order chi connectivity index (χ0) is 30.5. The van der Waals surface area contributed by atoms with Crippen LogP contribution >= 0.6 is 0 Å². The topological polar surface area (TPSA) is 145 Å². The molecule has 13 heteroatoms. The zero-order valence-corrected chi connectivity index (χ0v) is 24.4. The molecular weight excluding hydrogens is 574 g/mol. The lowest BCUT2D eigenvalue weighted by Gasteiger charge is -2.40. The van der Waals surface area contributed by atoms with Crippen molar-refractivity contribution in [3.8, 4) is 28.7 Å². The van der Waals surface area contributed by atoms with Crippen molar-refractivity contribution in [2.24, 2.45) is 11.8 Å². The number of amides is 2. The predicted molar refractivity (Wildman–Crippen MR) is 151 cm³/mol. The van der Waals surface area contributed by atoms with Crippen LogP contribution in [0.25, 0.3) is 0 Å². The largest absolute Gasteiger partial charge is 0.502 e. The van der Waals surface area contributed by atoms with Gasteiger partial charge in [-0.2, -0.15) is 0 Å². The van der Waals surface area contributed by atoms with Crippen molar-refractivity contribution >= 4 is 17.8 Å². The number of carbonyl (C=O) groups excluding carboxylic acids is 3. The molecular formula is C31H33N3O10. The number of morpholine rings is 1. The van der Waals surface area contributed by atoms with E-state index in [9.17, 15) is 19.5 Å². The second kappa shape index (κ2) is 11.2. The van der Waals surface area contributed by atoms with Crippen molar-refractivity contribution in [2.45, 2.75) is 12.0 Å². The summed E-state index contributed by atoms with van der Waals surface area (Å²) in [6, 6.07) is 6.50. The Morgan fingerprint density at radius 3 is 2.30 bits per heavy atom. The van der Waals surface area contributed by atoms with Gasteiger partial charge in [0.1, 0.15) is 5.70 Å². The van der Waals surface area contributed by atoms with Gasteiger partial charge in [-0.05, 0) is 41.0 Å². The summed E-state index contributed by atoms with van der Waals surface area (Å²) >= 11 is 0. The number of rotatable bonds is 8. The van der Waals surface area contributed by atoms with Crippen LogP contribution in [0.1, 0.15) is 28.7 Å². The van der Waals surface area contributed by atoms with Gasteiger partial charge >= 0.3 is 5.97 Å². The summed E-state index contributed by atoms with van der Waals surface area (Å²) in [4.78, 5) is 43.3. The fraction of sp³-hybridized carbons (Fsp3) is 0.452. The minimum atomic E-state index is -0.662. The van der Waals surface area contributed by atoms with Gasteiger partial charge < -0.3 is 38.8 Å². The molecule has 13 nitrogen and oxygen atoms in total. The summed E-state index contributed by atoms with van der Waals surface area (Å²) in [5, 5.41) is 13.9. The van der Waals surface area contributed by atoms with E-state index >= 15 is 0 Å². The summed E-state index contributed by atoms with van der Waals surface area (Å²) < 4.78 is 33.3. The third-order valence-corrected chi connectivity index (χ3v) is 9.11. The first-order chi connectivity index (χ1) is 21.4. The van der Waals surface area contributed by atoms with Crippen LogP contribution in [0.3, 0.4) is 0 Å². The standard InChI is InChI=1S/C31H33N3O10/c1-39-23-9-16(10-24(40-2)29(23)36)26-17-11-21-22(44-15-43-21)12-18(17)28(19-14-42-31(38)27(19)26)32-20-13-25(35)34(30(20)37)4-3-33-5-7-41-8-6-33/h9-13,19,26-28,32,36H,3-8,14-15H2,1-2H3/t19-,26+,27-,28+/m0/s1. The summed E-state index contributed by atoms with van der Waals surface area (Å²) in [7, 11) is 2.88. The fourth-order valence-electron chi connectivity index (χ4n) is 6.90. The Balaban J connectivity index is 1.25. The molecule has 0 radical (unpaired) electrons. The Kier molecular flexibility index (Phi) is 7.21. The first kappa shape index (κ1) is 28.3. The monoisotopic (exact) mass is 607 g/mol. The summed E-state index contributed by atoms with van der Waals surface area (Å²) in [6.45, 7) is 3.73. The molecule has 232 valence electrons. The molecule has 2 aromatic carbocycles. The van der Waals surface area contributed by atoms with Crippen molar-refractivity contribution in [2.75, 3.05) is 67.0 Å². The minimum absolute atomic E-state index is 0.0486. The first-order valence-corrected chi connectivity index (χ1v) is 14.6. The molecule has 4 aliphatic heterocycles. The van der Waals surface area contributed by atoms with Gasteiger partial charge in [-0.25, -0.2) is 0 Å². The van der Waals surface area contributed by atoms with E-state index in [-0.39, 0.29) is 48.8 Å². The third kappa shape index (κ3) is 4.67. The van der Waals surface area contributed by atoms with Crippen LogP contribution in [-0.4, -0.2) is 99.7 Å². The Morgan fingerprint density at radius 1 is 0.932 bits per heavy atom. The van der Waals surface area contributed by atoms with E-state index in [1.165, 1.54) is 25.2 Å². The molecule has 4 atom stereocenters. The molecule has 0 aromatic heterocycles. The highest BCUT2D eigenvalue weighted by atomic mass is 16.7. The lowest BCUT2D eigenvalue weighted by atomic mass is 9.65. The summed E-state index contributed by atoms with van der Waals surface area (Å²) in [5.74, 6) is -1.49. The predicted octanol–water partition coefficient (Wildman–Crippen LogP) is 1.29. The molecule has 2 N–H and O–H groups in total. The van der Waals surface area contributed by atoms with Gasteiger partial charge in [-0.3, -0.25) is 24.2 Å². The quantitative estimate of drug-likeness (QED) is 0.330. The maximum Gasteiger partial charge on any atom is 0.310 e. The summed E-state index contributed by atoms with van der Waals surface area (Å²) in [6.07, 6.45) is 1.32. The van der Waals surface area contributed by atoms with Gasteiger partial charge in [0.15, 0.2) is 23.0 Å². The average Bonchev–Trinajstić information content (AvgIpc) is 3.73. The zero-order valence-electron chi connectivity index (χ0n) is 24.4. The number of esters is 1. The molecule has 0 spiro atoms. The normalized spacial score (nSPS) is 25.8. The van der Waals surface area contributed by atoms with E-state index in [2.05, 4.69) is 10.2 Å². The highest BCUT2D eigenvalue weighted by Crippen LogP contribution is 2.55. The van der Waals surface area contributed by atoms with Crippen LogP contribution in [0.15, 0.2) is 36.0 Å². The van der Waals surface area contributed by atoms with Crippen molar-refractivity contribution in [3.05, 3.63) is 52.7 Å². The molecule has 7 rings (SSSR count). The van der Waals surface area contributed by atoms with Crippen LogP contribution in [0.4, 0.5) is 0 Å². The van der Waals surface area contributed by atoms with Crippen molar-refractivity contribution in [3.63, 3.8) is 0 Å². The van der Waals surface area contributed by atoms with E-state index in [4.69, 9.17) is 28.4 Å². The van der Waals surface area contributed by atoms with Gasteiger partial charge in [0.05, 0.1) is 46.0 Å². The molecule has 5 aliphatic rings. The number of methoxy groups -OCH3 is 2. The number of aromatic hydroxyl groups is 1. The average molecular weight is 608 g/mol. The highest BCUT2D eigenvalue weighted by Gasteiger charge is 2.53. The Labute approximate surface area is 253 Å². The maximum atomic E-state index is 13.5. The number of hydrogen-bond acceptors (Lipinski definition) is 12. The number of benzene rings is 2. The van der Waals surface area contributed by atoms with E-state index in [0.29, 0.717) is 36.8 Å². The minimum Gasteiger partial charge on any atom is -0.502 e. The maximum absolute atomic E-state index is 13.5. The number of hydrogen-bond donors (Lipinski definition) is 2. The second-order valence-corrected chi connectivity index (χ2v) is 11.3. The number of nitrogens with one attached hydrogen (secondary N) is 1. The number of phenolic OH excluding ortho intramolecular Hbond substituents is 1. The number of ether oxygens (including phenoxy) is 6. The number of nitrogens with zero attached hydrogens (tertiary/aromatic N) is 2. The van der Waals surface area contributed by atoms with Gasteiger partial charge in [0, 0.05) is 44.1 Å². The Hall–Kier alpha value is -4.49. The molecule has 0 saturated carbocycles. The van der Waals surface area contributed by atoms with Crippen molar-refractivity contribution < 1.29 is 47.9 Å². The fourth-order valence-corrected chi connectivity index (χ4v) is 6.90. The lowest BCUT2D eigenvalue weighted by Crippen LogP contribution is -2.45. The molecule has 2 saturated heterocycles. The van der Waals surface area contributed by atoms with E-state index in [1.54, 1.807) is 12.1 Å². The SMILES string of the molecule is COc1cc([C@@H]2c3cc4c(cc3[C@@H](NC3=CC(=O)N(CCN5CCOCC5)C3=O)[C@H]3COC(=O)[C@H]23)OCO4)cc(OC)c1O. The summed E-state index contributed by atoms with van der Waals surface area (Å²) in [5.41, 5.74) is 2.36. The van der Waals surface area contributed by atoms with Gasteiger partial charge in [-0.1, -0.05) is 0 Å². The molecule has 1 aliphatic carbocycles. The van der Waals surface area contributed by atoms with Gasteiger partial charge in [0.2, 0.25) is 12.5 Å². The molecule has 2 fully saturated rings. The number of cyclic esters (lactones) is 1. The highest BCUT2D eigenvalue weighted by molar-refractivity contribution is 6.15. The van der Waals surface area contributed by atoms with E-state index < -0.39 is 35.7 Å². The van der Waals surface area contributed by atoms with E-state index in [1.807, 2.05) is 12.1 Å². The van der Waals surface area contributed by atoms with Crippen LogP contribution in [-0.2, 0) is 23.9 Å². The first-order valence-electron chi connectivity index (χ1n) is 14.6. The van der Waals surface area contributed by atoms with Crippen LogP contribution in [0.2, 0.25) is 0 Å². The molecule has 44 heavy (non-hydrogen) atoms. The number of fused-ring (bicyclic) bond motifs is 3. The van der Waals surface area contributed by atoms with Gasteiger partial charge in [-0.15, -0.1) is 0 Å². The molecule has 2 amide bonds.